The third-order valence-corrected chi connectivity index (χ3v) is 9.07. The Labute approximate surface area is 219 Å². The van der Waals surface area contributed by atoms with Crippen LogP contribution in [-0.4, -0.2) is 61.5 Å². The number of hydrogen-bond acceptors (Lipinski definition) is 9. The van der Waals surface area contributed by atoms with Gasteiger partial charge in [-0.15, -0.1) is 11.3 Å². The van der Waals surface area contributed by atoms with Crippen molar-refractivity contribution < 1.29 is 23.1 Å². The van der Waals surface area contributed by atoms with Gasteiger partial charge in [0.2, 0.25) is 0 Å². The predicted octanol–water partition coefficient (Wildman–Crippen LogP) is 2.86. The number of aliphatic hydroxyl groups is 1. The molecule has 11 nitrogen and oxygen atoms in total. The minimum Gasteiger partial charge on any atom is -0.490 e. The molecule has 4 rings (SSSR count). The first kappa shape index (κ1) is 26.8. The summed E-state index contributed by atoms with van der Waals surface area (Å²) in [5, 5.41) is 17.5. The maximum absolute atomic E-state index is 13.4. The number of nitrogens with zero attached hydrogens (tertiary/aromatic N) is 5. The number of nitrogens with one attached hydrogen (secondary N) is 1. The van der Waals surface area contributed by atoms with Crippen molar-refractivity contribution in [2.75, 3.05) is 13.2 Å². The Bertz CT molecular complexity index is 1550. The van der Waals surface area contributed by atoms with E-state index in [9.17, 15) is 18.3 Å². The zero-order valence-corrected chi connectivity index (χ0v) is 23.0. The first-order valence-corrected chi connectivity index (χ1v) is 14.0. The largest absolute Gasteiger partial charge is 0.490 e. The summed E-state index contributed by atoms with van der Waals surface area (Å²) in [6.07, 6.45) is 4.79. The number of aliphatic hydroxyl groups excluding tert-OH is 1. The maximum atomic E-state index is 13.4. The number of hydrogen-bond donors (Lipinski definition) is 2. The average molecular weight is 547 g/mol. The van der Waals surface area contributed by atoms with Gasteiger partial charge in [0.05, 0.1) is 29.8 Å². The number of imidazole rings is 1. The molecule has 0 spiro atoms. The number of rotatable bonds is 9. The monoisotopic (exact) mass is 546 g/mol. The molecular weight excluding hydrogens is 516 g/mol. The molecule has 0 saturated heterocycles. The first-order chi connectivity index (χ1) is 17.5. The Morgan fingerprint density at radius 3 is 2.59 bits per heavy atom. The van der Waals surface area contributed by atoms with Gasteiger partial charge in [-0.3, -0.25) is 13.9 Å². The lowest BCUT2D eigenvalue weighted by Crippen LogP contribution is -2.28. The molecule has 0 unspecified atom stereocenters. The Balaban J connectivity index is 1.75. The van der Waals surface area contributed by atoms with Crippen LogP contribution in [0.15, 0.2) is 35.6 Å². The number of pyridine rings is 1. The van der Waals surface area contributed by atoms with Crippen LogP contribution in [0.5, 0.6) is 5.75 Å². The highest BCUT2D eigenvalue weighted by Gasteiger charge is 2.34. The fraction of sp³-hybridized carbons (Fsp3) is 0.417. The molecule has 0 aliphatic rings. The van der Waals surface area contributed by atoms with E-state index in [0.29, 0.717) is 35.8 Å². The lowest BCUT2D eigenvalue weighted by Gasteiger charge is -2.21. The molecule has 0 radical (unpaired) electrons. The van der Waals surface area contributed by atoms with E-state index in [1.807, 2.05) is 13.8 Å². The second-order valence-electron chi connectivity index (χ2n) is 9.34. The number of sulfone groups is 1. The van der Waals surface area contributed by atoms with Gasteiger partial charge in [-0.1, -0.05) is 0 Å². The highest BCUT2D eigenvalue weighted by Crippen LogP contribution is 2.34. The highest BCUT2D eigenvalue weighted by atomic mass is 32.2. The van der Waals surface area contributed by atoms with Crippen molar-refractivity contribution in [3.63, 3.8) is 0 Å². The second-order valence-corrected chi connectivity index (χ2v) is 13.3. The summed E-state index contributed by atoms with van der Waals surface area (Å²) in [5.74, 6) is -0.178. The van der Waals surface area contributed by atoms with Gasteiger partial charge in [0.25, 0.3) is 5.91 Å². The van der Waals surface area contributed by atoms with Crippen LogP contribution >= 0.6 is 11.3 Å². The number of carbonyl (C=O) groups excluding carboxylic acids is 1. The van der Waals surface area contributed by atoms with E-state index in [0.717, 1.165) is 9.88 Å². The summed E-state index contributed by atoms with van der Waals surface area (Å²) >= 11 is 1.52. The van der Waals surface area contributed by atoms with Crippen molar-refractivity contribution in [1.82, 2.24) is 29.5 Å². The van der Waals surface area contributed by atoms with Crippen LogP contribution in [0.4, 0.5) is 0 Å². The van der Waals surface area contributed by atoms with Crippen LogP contribution in [-0.2, 0) is 22.9 Å². The molecule has 0 aliphatic carbocycles. The van der Waals surface area contributed by atoms with E-state index in [-0.39, 0.29) is 29.8 Å². The molecule has 4 heterocycles. The van der Waals surface area contributed by atoms with Crippen LogP contribution in [0.2, 0.25) is 0 Å². The van der Waals surface area contributed by atoms with E-state index in [2.05, 4.69) is 20.4 Å². The summed E-state index contributed by atoms with van der Waals surface area (Å²) in [6.45, 7) is 9.11. The molecule has 2 N–H and O–H groups in total. The van der Waals surface area contributed by atoms with Gasteiger partial charge in [0.15, 0.2) is 9.84 Å². The van der Waals surface area contributed by atoms with E-state index in [1.165, 1.54) is 23.6 Å². The normalized spacial score (nSPS) is 12.3. The van der Waals surface area contributed by atoms with Crippen LogP contribution in [0.3, 0.4) is 0 Å². The van der Waals surface area contributed by atoms with Crippen LogP contribution in [0.1, 0.15) is 48.1 Å². The van der Waals surface area contributed by atoms with Crippen molar-refractivity contribution >= 4 is 32.7 Å². The van der Waals surface area contributed by atoms with Gasteiger partial charge in [-0.25, -0.2) is 18.4 Å². The molecule has 13 heteroatoms. The number of thiazole rings is 1. The summed E-state index contributed by atoms with van der Waals surface area (Å²) in [5.41, 5.74) is 1.79. The van der Waals surface area contributed by atoms with Crippen molar-refractivity contribution in [3.05, 3.63) is 46.3 Å². The Morgan fingerprint density at radius 2 is 1.97 bits per heavy atom. The second kappa shape index (κ2) is 10.2. The molecule has 0 saturated carbocycles. The topological polar surface area (TPSA) is 141 Å². The first-order valence-electron chi connectivity index (χ1n) is 11.7. The zero-order valence-electron chi connectivity index (χ0n) is 21.3. The molecule has 4 aromatic heterocycles. The van der Waals surface area contributed by atoms with Gasteiger partial charge in [0, 0.05) is 29.9 Å². The van der Waals surface area contributed by atoms with E-state index < -0.39 is 14.6 Å². The number of aromatic nitrogens is 5. The maximum Gasteiger partial charge on any atom is 0.269 e. The highest BCUT2D eigenvalue weighted by molar-refractivity contribution is 7.92. The summed E-state index contributed by atoms with van der Waals surface area (Å²) < 4.78 is 34.4. The number of ether oxygens (including phenoxy) is 1. The zero-order chi connectivity index (χ0) is 27.0. The molecule has 1 amide bonds. The van der Waals surface area contributed by atoms with Crippen LogP contribution in [0, 0.1) is 6.92 Å². The molecule has 0 aliphatic heterocycles. The fourth-order valence-corrected chi connectivity index (χ4v) is 5.69. The SMILES string of the molecule is CCn1nc(-c2cnc3cc(OCCO)c(S(=O)(=O)C(C)(C)C)cn23)cc1C(=O)NCc1ncc(C)s1. The van der Waals surface area contributed by atoms with Crippen molar-refractivity contribution in [2.45, 2.75) is 57.4 Å². The molecule has 0 bridgehead atoms. The lowest BCUT2D eigenvalue weighted by atomic mass is 10.3. The smallest absolute Gasteiger partial charge is 0.269 e. The number of carbonyl (C=O) groups is 1. The van der Waals surface area contributed by atoms with Crippen molar-refractivity contribution in [3.8, 4) is 17.1 Å². The van der Waals surface area contributed by atoms with Gasteiger partial charge in [-0.05, 0) is 40.7 Å². The molecule has 0 fully saturated rings. The van der Waals surface area contributed by atoms with Gasteiger partial charge in [0.1, 0.15) is 39.3 Å². The molecular formula is C24H30N6O5S2. The Hall–Kier alpha value is -3.29. The fourth-order valence-electron chi connectivity index (χ4n) is 3.67. The Morgan fingerprint density at radius 1 is 1.22 bits per heavy atom. The lowest BCUT2D eigenvalue weighted by molar-refractivity contribution is 0.0940. The van der Waals surface area contributed by atoms with E-state index in [4.69, 9.17) is 4.74 Å². The average Bonchev–Trinajstić information content (AvgIpc) is 3.57. The van der Waals surface area contributed by atoms with E-state index >= 15 is 0 Å². The minimum atomic E-state index is -3.81. The Kier molecular flexibility index (Phi) is 7.40. The number of aryl methyl sites for hydroxylation is 2. The summed E-state index contributed by atoms with van der Waals surface area (Å²) in [7, 11) is -3.81. The van der Waals surface area contributed by atoms with Crippen molar-refractivity contribution in [1.29, 1.82) is 0 Å². The summed E-state index contributed by atoms with van der Waals surface area (Å²) in [4.78, 5) is 22.7. The molecule has 198 valence electrons. The predicted molar refractivity (Wildman–Crippen MR) is 140 cm³/mol. The van der Waals surface area contributed by atoms with E-state index in [1.54, 1.807) is 48.3 Å². The molecule has 37 heavy (non-hydrogen) atoms. The van der Waals surface area contributed by atoms with Crippen LogP contribution in [0.25, 0.3) is 17.0 Å². The minimum absolute atomic E-state index is 0.0215. The van der Waals surface area contributed by atoms with Crippen LogP contribution < -0.4 is 10.1 Å². The third-order valence-electron chi connectivity index (χ3n) is 5.66. The molecule has 4 aromatic rings. The van der Waals surface area contributed by atoms with Gasteiger partial charge < -0.3 is 15.2 Å². The van der Waals surface area contributed by atoms with Crippen molar-refractivity contribution in [2.24, 2.45) is 0 Å². The number of amides is 1. The van der Waals surface area contributed by atoms with Gasteiger partial charge >= 0.3 is 0 Å². The standard InChI is InChI=1S/C24H30N6O5S2/c1-6-30-17(23(32)27-13-22-26-11-15(2)36-22)9-16(28-30)18-12-25-21-10-19(35-8-7-31)20(14-29(18)21)37(33,34)24(3,4)5/h9-12,14,31H,6-8,13H2,1-5H3,(H,27,32). The number of fused-ring (bicyclic) bond motifs is 1. The quantitative estimate of drug-likeness (QED) is 0.327. The van der Waals surface area contributed by atoms with Gasteiger partial charge in [-0.2, -0.15) is 5.10 Å². The third kappa shape index (κ3) is 5.24. The molecule has 0 aromatic carbocycles. The molecule has 0 atom stereocenters. The summed E-state index contributed by atoms with van der Waals surface area (Å²) in [6, 6.07) is 3.18.